The summed E-state index contributed by atoms with van der Waals surface area (Å²) in [6.07, 6.45) is 4.06. The Morgan fingerprint density at radius 2 is 1.47 bits per heavy atom. The Labute approximate surface area is 352 Å². The van der Waals surface area contributed by atoms with E-state index in [1.807, 2.05) is 37.3 Å². The first-order valence-electron chi connectivity index (χ1n) is 20.4. The van der Waals surface area contributed by atoms with Crippen molar-refractivity contribution in [2.45, 2.75) is 141 Å². The second kappa shape index (κ2) is 20.6. The van der Waals surface area contributed by atoms with Gasteiger partial charge in [-0.15, -0.1) is 24.9 Å². The Morgan fingerprint density at radius 3 is 2.12 bits per heavy atom. The Balaban J connectivity index is 1.79. The molecule has 6 amide bonds. The van der Waals surface area contributed by atoms with E-state index in [2.05, 4.69) is 39.7 Å². The maximum absolute atomic E-state index is 14.4. The Kier molecular flexibility index (Phi) is 16.5. The highest BCUT2D eigenvalue weighted by molar-refractivity contribution is 8.14. The van der Waals surface area contributed by atoms with E-state index in [0.29, 0.717) is 37.3 Å². The number of amides is 6. The molecule has 0 saturated carbocycles. The summed E-state index contributed by atoms with van der Waals surface area (Å²) in [4.78, 5) is 90.9. The van der Waals surface area contributed by atoms with Crippen LogP contribution in [0.4, 0.5) is 0 Å². The first kappa shape index (κ1) is 47.1. The van der Waals surface area contributed by atoms with E-state index in [4.69, 9.17) is 14.5 Å². The largest absolute Gasteiger partial charge is 0.369 e. The van der Waals surface area contributed by atoms with Crippen molar-refractivity contribution in [1.29, 1.82) is 0 Å². The van der Waals surface area contributed by atoms with Gasteiger partial charge >= 0.3 is 0 Å². The van der Waals surface area contributed by atoms with Gasteiger partial charge in [-0.25, -0.2) is 0 Å². The van der Waals surface area contributed by atoms with Crippen LogP contribution in [0.2, 0.25) is 0 Å². The maximum Gasteiger partial charge on any atom is 0.246 e. The SMILES string of the molecule is C=CC(C)(C)OC[C@@H]1NC(=O)[C@H]([C@@H](C)OC(C)(C)C=C)NC(=O)[C@@H]2CSC(=N2)[C@H](Cc2ccccc2)NC(=O)[C@@H]2CCCN2C(=O)[C@H](C)NC(=O)[C@H]([C@@H](C)CC)NC1=O. The predicted molar refractivity (Wildman–Crippen MR) is 228 cm³/mol. The number of hydrogen-bond donors (Lipinski definition) is 5. The summed E-state index contributed by atoms with van der Waals surface area (Å²) in [6, 6.07) is 2.39. The van der Waals surface area contributed by atoms with Crippen molar-refractivity contribution in [2.24, 2.45) is 10.9 Å². The Bertz CT molecular complexity index is 1750. The normalized spacial score (nSPS) is 27.8. The number of nitrogens with one attached hydrogen (secondary N) is 5. The molecule has 0 radical (unpaired) electrons. The minimum absolute atomic E-state index is 0.238. The molecule has 324 valence electrons. The molecule has 4 rings (SSSR count). The molecule has 9 atom stereocenters. The molecule has 0 aromatic heterocycles. The third-order valence-corrected chi connectivity index (χ3v) is 12.2. The molecule has 59 heavy (non-hydrogen) atoms. The monoisotopic (exact) mass is 837 g/mol. The van der Waals surface area contributed by atoms with Crippen molar-refractivity contribution in [3.8, 4) is 0 Å². The van der Waals surface area contributed by atoms with E-state index in [0.717, 1.165) is 5.56 Å². The summed E-state index contributed by atoms with van der Waals surface area (Å²) in [5.74, 6) is -3.61. The van der Waals surface area contributed by atoms with Crippen molar-refractivity contribution in [3.63, 3.8) is 0 Å². The molecule has 3 heterocycles. The molecule has 1 aromatic carbocycles. The number of hydrogen-bond acceptors (Lipinski definition) is 10. The summed E-state index contributed by atoms with van der Waals surface area (Å²) in [5.41, 5.74) is -0.870. The summed E-state index contributed by atoms with van der Waals surface area (Å²) in [7, 11) is 0. The van der Waals surface area contributed by atoms with E-state index < -0.39 is 95.1 Å². The number of fused-ring (bicyclic) bond motifs is 2. The molecule has 15 nitrogen and oxygen atoms in total. The van der Waals surface area contributed by atoms with Crippen LogP contribution >= 0.6 is 11.8 Å². The van der Waals surface area contributed by atoms with Crippen LogP contribution in [-0.4, -0.2) is 124 Å². The molecular weight excluding hydrogens is 775 g/mol. The number of rotatable bonds is 12. The highest BCUT2D eigenvalue weighted by atomic mass is 32.2. The van der Waals surface area contributed by atoms with Crippen LogP contribution in [0.25, 0.3) is 0 Å². The van der Waals surface area contributed by atoms with E-state index in [1.165, 1.54) is 16.7 Å². The van der Waals surface area contributed by atoms with Gasteiger partial charge in [0, 0.05) is 12.3 Å². The summed E-state index contributed by atoms with van der Waals surface area (Å²) in [5, 5.41) is 14.8. The first-order valence-corrected chi connectivity index (χ1v) is 21.4. The minimum atomic E-state index is -1.35. The van der Waals surface area contributed by atoms with E-state index in [9.17, 15) is 28.8 Å². The molecule has 1 saturated heterocycles. The number of thioether (sulfide) groups is 1. The van der Waals surface area contributed by atoms with E-state index >= 15 is 0 Å². The highest BCUT2D eigenvalue weighted by Crippen LogP contribution is 2.25. The molecule has 0 spiro atoms. The fraction of sp³-hybridized carbons (Fsp3) is 0.605. The molecule has 5 N–H and O–H groups in total. The summed E-state index contributed by atoms with van der Waals surface area (Å²) < 4.78 is 12.2. The number of carbonyl (C=O) groups is 6. The van der Waals surface area contributed by atoms with Crippen LogP contribution in [0, 0.1) is 5.92 Å². The number of ether oxygens (including phenoxy) is 2. The van der Waals surface area contributed by atoms with Crippen LogP contribution in [0.15, 0.2) is 60.6 Å². The second-order valence-electron chi connectivity index (χ2n) is 16.6. The van der Waals surface area contributed by atoms with Gasteiger partial charge in [0.15, 0.2) is 0 Å². The van der Waals surface area contributed by atoms with Gasteiger partial charge < -0.3 is 41.0 Å². The van der Waals surface area contributed by atoms with Gasteiger partial charge in [0.2, 0.25) is 35.4 Å². The lowest BCUT2D eigenvalue weighted by molar-refractivity contribution is -0.142. The van der Waals surface area contributed by atoms with Crippen LogP contribution in [0.3, 0.4) is 0 Å². The van der Waals surface area contributed by atoms with Gasteiger partial charge in [0.1, 0.15) is 36.3 Å². The number of nitrogens with zero attached hydrogens (tertiary/aromatic N) is 2. The number of carbonyl (C=O) groups excluding carboxylic acids is 6. The minimum Gasteiger partial charge on any atom is -0.369 e. The second-order valence-corrected chi connectivity index (χ2v) is 17.7. The highest BCUT2D eigenvalue weighted by Gasteiger charge is 2.41. The van der Waals surface area contributed by atoms with Crippen molar-refractivity contribution < 1.29 is 38.2 Å². The average Bonchev–Trinajstić information content (AvgIpc) is 3.91. The van der Waals surface area contributed by atoms with Gasteiger partial charge in [-0.1, -0.05) is 62.8 Å². The first-order chi connectivity index (χ1) is 27.8. The van der Waals surface area contributed by atoms with Gasteiger partial charge in [0.25, 0.3) is 0 Å². The van der Waals surface area contributed by atoms with Crippen LogP contribution < -0.4 is 26.6 Å². The number of benzene rings is 1. The van der Waals surface area contributed by atoms with Crippen molar-refractivity contribution in [2.75, 3.05) is 18.9 Å². The molecule has 0 unspecified atom stereocenters. The van der Waals surface area contributed by atoms with Gasteiger partial charge in [-0.3, -0.25) is 33.8 Å². The van der Waals surface area contributed by atoms with E-state index in [1.54, 1.807) is 60.6 Å². The van der Waals surface area contributed by atoms with Crippen molar-refractivity contribution in [3.05, 3.63) is 61.2 Å². The predicted octanol–water partition coefficient (Wildman–Crippen LogP) is 2.59. The fourth-order valence-electron chi connectivity index (χ4n) is 6.95. The van der Waals surface area contributed by atoms with Crippen LogP contribution in [-0.2, 0) is 44.7 Å². The topological polar surface area (TPSA) is 197 Å². The maximum atomic E-state index is 14.4. The smallest absolute Gasteiger partial charge is 0.246 e. The molecule has 1 aromatic rings. The molecule has 0 aliphatic carbocycles. The van der Waals surface area contributed by atoms with Crippen LogP contribution in [0.1, 0.15) is 80.2 Å². The van der Waals surface area contributed by atoms with Crippen LogP contribution in [0.5, 0.6) is 0 Å². The summed E-state index contributed by atoms with van der Waals surface area (Å²) in [6.45, 7) is 21.5. The van der Waals surface area contributed by atoms with E-state index in [-0.39, 0.29) is 18.3 Å². The fourth-order valence-corrected chi connectivity index (χ4v) is 8.05. The lowest BCUT2D eigenvalue weighted by Crippen LogP contribution is -2.62. The third kappa shape index (κ3) is 12.7. The zero-order valence-corrected chi connectivity index (χ0v) is 36.5. The van der Waals surface area contributed by atoms with Crippen molar-refractivity contribution >= 4 is 52.2 Å². The lowest BCUT2D eigenvalue weighted by atomic mass is 9.97. The Hall–Kier alpha value is -4.54. The van der Waals surface area contributed by atoms with Gasteiger partial charge in [0.05, 0.1) is 35.0 Å². The lowest BCUT2D eigenvalue weighted by Gasteiger charge is -2.33. The molecule has 3 aliphatic heterocycles. The van der Waals surface area contributed by atoms with Gasteiger partial charge in [-0.05, 0) is 72.3 Å². The molecule has 16 heteroatoms. The quantitative estimate of drug-likeness (QED) is 0.197. The molecular formula is C43H63N7O8S. The number of aliphatic imine (C=N–C) groups is 1. The molecule has 1 fully saturated rings. The summed E-state index contributed by atoms with van der Waals surface area (Å²) >= 11 is 1.33. The third-order valence-electron chi connectivity index (χ3n) is 11.0. The standard InChI is InChI=1S/C43H63N7O8S/c1-11-25(4)33-38(54)44-26(5)41(56)50-21-17-20-32(50)37(53)45-29(22-28-18-15-14-16-19-28)40-47-31(24-59-40)36(52)49-34(27(6)58-43(9,10)13-3)39(55)46-30(35(51)48-33)23-57-42(7,8)12-2/h12-16,18-19,25-27,29-34H,2-3,11,17,20-24H2,1,4-10H3,(H,44,54)(H,45,53)(H,46,55)(H,48,51)(H,49,52)/t25-,26-,27+,29-,30-,31-,32-,33-,34-/m0/s1. The zero-order valence-electron chi connectivity index (χ0n) is 35.7. The molecule has 3 aliphatic rings. The zero-order chi connectivity index (χ0) is 43.7. The Morgan fingerprint density at radius 1 is 0.847 bits per heavy atom. The van der Waals surface area contributed by atoms with Crippen molar-refractivity contribution in [1.82, 2.24) is 31.5 Å². The molecule has 2 bridgehead atoms. The van der Waals surface area contributed by atoms with Gasteiger partial charge in [-0.2, -0.15) is 0 Å². The average molecular weight is 838 g/mol.